The molecular weight excluding hydrogens is 300 g/mol. The van der Waals surface area contributed by atoms with Gasteiger partial charge >= 0.3 is 0 Å². The molecule has 1 heterocycles. The van der Waals surface area contributed by atoms with E-state index in [0.717, 1.165) is 0 Å². The van der Waals surface area contributed by atoms with Gasteiger partial charge in [0, 0.05) is 14.6 Å². The van der Waals surface area contributed by atoms with Crippen LogP contribution >= 0.6 is 43.2 Å². The lowest BCUT2D eigenvalue weighted by atomic mass is 10.2. The van der Waals surface area contributed by atoms with Crippen molar-refractivity contribution in [2.45, 2.75) is 6.92 Å². The fourth-order valence-corrected chi connectivity index (χ4v) is 3.37. The smallest absolute Gasteiger partial charge is 0.0711 e. The normalized spacial score (nSPS) is 10.9. The fraction of sp³-hybridized carbons (Fsp3) is 0.111. The summed E-state index contributed by atoms with van der Waals surface area (Å²) in [6.07, 6.45) is 0. The molecule has 0 spiro atoms. The Kier molecular flexibility index (Phi) is 2.27. The summed E-state index contributed by atoms with van der Waals surface area (Å²) in [6.45, 7) is 2.14. The van der Waals surface area contributed by atoms with Crippen LogP contribution < -0.4 is 0 Å². The maximum atomic E-state index is 3.53. The third-order valence-electron chi connectivity index (χ3n) is 1.80. The first-order valence-corrected chi connectivity index (χ1v) is 5.93. The number of halogens is 2. The number of aryl methyl sites for hydroxylation is 1. The molecular formula is C9H6Br2S. The number of hydrogen-bond acceptors (Lipinski definition) is 1. The number of thiophene rings is 1. The van der Waals surface area contributed by atoms with E-state index in [4.69, 9.17) is 0 Å². The maximum Gasteiger partial charge on any atom is 0.0711 e. The highest BCUT2D eigenvalue weighted by molar-refractivity contribution is 9.11. The first-order chi connectivity index (χ1) is 5.68. The third-order valence-corrected chi connectivity index (χ3v) is 4.26. The Morgan fingerprint density at radius 3 is 2.67 bits per heavy atom. The standard InChI is InChI=1S/C9H6Br2S/c1-5-2-3-7(10)6-4-8(11)12-9(5)6/h2-4H,1H3. The zero-order chi connectivity index (χ0) is 8.72. The Hall–Kier alpha value is 0.140. The molecule has 1 aromatic heterocycles. The molecule has 0 aliphatic carbocycles. The SMILES string of the molecule is Cc1ccc(Br)c2cc(Br)sc12. The van der Waals surface area contributed by atoms with Gasteiger partial charge in [-0.15, -0.1) is 11.3 Å². The lowest BCUT2D eigenvalue weighted by Gasteiger charge is -1.96. The molecule has 2 rings (SSSR count). The van der Waals surface area contributed by atoms with Crippen LogP contribution in [0.4, 0.5) is 0 Å². The summed E-state index contributed by atoms with van der Waals surface area (Å²) in [5.74, 6) is 0. The topological polar surface area (TPSA) is 0 Å². The van der Waals surface area contributed by atoms with Crippen LogP contribution in [0.25, 0.3) is 10.1 Å². The van der Waals surface area contributed by atoms with E-state index >= 15 is 0 Å². The van der Waals surface area contributed by atoms with Crippen LogP contribution in [0.15, 0.2) is 26.5 Å². The third kappa shape index (κ3) is 1.34. The molecule has 0 saturated carbocycles. The van der Waals surface area contributed by atoms with Gasteiger partial charge in [0.25, 0.3) is 0 Å². The second-order valence-electron chi connectivity index (χ2n) is 2.66. The van der Waals surface area contributed by atoms with E-state index in [0.29, 0.717) is 0 Å². The molecule has 0 unspecified atom stereocenters. The van der Waals surface area contributed by atoms with Gasteiger partial charge in [0.05, 0.1) is 3.79 Å². The van der Waals surface area contributed by atoms with Crippen molar-refractivity contribution in [3.8, 4) is 0 Å². The van der Waals surface area contributed by atoms with Crippen LogP contribution in [0.2, 0.25) is 0 Å². The van der Waals surface area contributed by atoms with E-state index in [2.05, 4.69) is 57.0 Å². The van der Waals surface area contributed by atoms with Crippen LogP contribution in [0.3, 0.4) is 0 Å². The zero-order valence-corrected chi connectivity index (χ0v) is 10.4. The molecule has 0 radical (unpaired) electrons. The highest BCUT2D eigenvalue weighted by Gasteiger charge is 2.04. The van der Waals surface area contributed by atoms with Gasteiger partial charge in [0.15, 0.2) is 0 Å². The van der Waals surface area contributed by atoms with Crippen molar-refractivity contribution in [2.75, 3.05) is 0 Å². The van der Waals surface area contributed by atoms with Crippen molar-refractivity contribution < 1.29 is 0 Å². The Labute approximate surface area is 91.9 Å². The van der Waals surface area contributed by atoms with Gasteiger partial charge < -0.3 is 0 Å². The number of hydrogen-bond donors (Lipinski definition) is 0. The van der Waals surface area contributed by atoms with Crippen LogP contribution in [0.1, 0.15) is 5.56 Å². The number of benzene rings is 1. The van der Waals surface area contributed by atoms with Gasteiger partial charge in [-0.05, 0) is 40.5 Å². The van der Waals surface area contributed by atoms with Crippen LogP contribution in [0, 0.1) is 6.92 Å². The van der Waals surface area contributed by atoms with Gasteiger partial charge in [-0.3, -0.25) is 0 Å². The first-order valence-electron chi connectivity index (χ1n) is 3.52. The molecule has 0 N–H and O–H groups in total. The highest BCUT2D eigenvalue weighted by atomic mass is 79.9. The molecule has 0 nitrogen and oxygen atoms in total. The predicted molar refractivity (Wildman–Crippen MR) is 62.0 cm³/mol. The van der Waals surface area contributed by atoms with Gasteiger partial charge in [-0.25, -0.2) is 0 Å². The summed E-state index contributed by atoms with van der Waals surface area (Å²) in [4.78, 5) is 0. The molecule has 0 atom stereocenters. The fourth-order valence-electron chi connectivity index (χ4n) is 1.19. The minimum Gasteiger partial charge on any atom is -0.128 e. The van der Waals surface area contributed by atoms with Crippen molar-refractivity contribution in [2.24, 2.45) is 0 Å². The summed E-state index contributed by atoms with van der Waals surface area (Å²) in [7, 11) is 0. The summed E-state index contributed by atoms with van der Waals surface area (Å²) in [5.41, 5.74) is 1.34. The van der Waals surface area contributed by atoms with Gasteiger partial charge in [-0.1, -0.05) is 22.0 Å². The Balaban J connectivity index is 2.93. The zero-order valence-electron chi connectivity index (χ0n) is 6.40. The molecule has 62 valence electrons. The van der Waals surface area contributed by atoms with Crippen molar-refractivity contribution in [1.82, 2.24) is 0 Å². The molecule has 3 heteroatoms. The Morgan fingerprint density at radius 1 is 1.25 bits per heavy atom. The van der Waals surface area contributed by atoms with Gasteiger partial charge in [-0.2, -0.15) is 0 Å². The van der Waals surface area contributed by atoms with Crippen LogP contribution in [0.5, 0.6) is 0 Å². The average molecular weight is 306 g/mol. The van der Waals surface area contributed by atoms with Crippen molar-refractivity contribution in [3.63, 3.8) is 0 Å². The van der Waals surface area contributed by atoms with E-state index < -0.39 is 0 Å². The van der Waals surface area contributed by atoms with E-state index in [1.165, 1.54) is 23.9 Å². The van der Waals surface area contributed by atoms with Gasteiger partial charge in [0.2, 0.25) is 0 Å². The largest absolute Gasteiger partial charge is 0.128 e. The maximum absolute atomic E-state index is 3.53. The van der Waals surface area contributed by atoms with Gasteiger partial charge in [0.1, 0.15) is 0 Å². The summed E-state index contributed by atoms with van der Waals surface area (Å²) in [6, 6.07) is 6.38. The van der Waals surface area contributed by atoms with Crippen molar-refractivity contribution >= 4 is 53.3 Å². The molecule has 1 aromatic carbocycles. The minimum atomic E-state index is 1.17. The number of fused-ring (bicyclic) bond motifs is 1. The molecule has 0 amide bonds. The van der Waals surface area contributed by atoms with Crippen molar-refractivity contribution in [1.29, 1.82) is 0 Å². The Morgan fingerprint density at radius 2 is 2.00 bits per heavy atom. The molecule has 0 fully saturated rings. The monoisotopic (exact) mass is 304 g/mol. The second kappa shape index (κ2) is 3.13. The lowest BCUT2D eigenvalue weighted by Crippen LogP contribution is -1.71. The first kappa shape index (κ1) is 8.73. The predicted octanol–water partition coefficient (Wildman–Crippen LogP) is 4.73. The van der Waals surface area contributed by atoms with Crippen LogP contribution in [-0.2, 0) is 0 Å². The second-order valence-corrected chi connectivity index (χ2v) is 5.94. The lowest BCUT2D eigenvalue weighted by molar-refractivity contribution is 1.55. The average Bonchev–Trinajstić information content (AvgIpc) is 2.41. The quantitative estimate of drug-likeness (QED) is 0.660. The Bertz CT molecular complexity index is 392. The highest BCUT2D eigenvalue weighted by Crippen LogP contribution is 2.36. The van der Waals surface area contributed by atoms with E-state index in [1.807, 2.05) is 0 Å². The molecule has 0 bridgehead atoms. The van der Waals surface area contributed by atoms with Crippen LogP contribution in [-0.4, -0.2) is 0 Å². The summed E-state index contributed by atoms with van der Waals surface area (Å²) in [5, 5.41) is 1.30. The van der Waals surface area contributed by atoms with E-state index in [-0.39, 0.29) is 0 Å². The van der Waals surface area contributed by atoms with E-state index in [9.17, 15) is 0 Å². The molecule has 0 aliphatic heterocycles. The summed E-state index contributed by atoms with van der Waals surface area (Å²) < 4.78 is 3.72. The van der Waals surface area contributed by atoms with Crippen molar-refractivity contribution in [3.05, 3.63) is 32.0 Å². The minimum absolute atomic E-state index is 1.17. The molecule has 0 aliphatic rings. The molecule has 12 heavy (non-hydrogen) atoms. The molecule has 2 aromatic rings. The number of rotatable bonds is 0. The molecule has 0 saturated heterocycles. The van der Waals surface area contributed by atoms with E-state index in [1.54, 1.807) is 11.3 Å². The summed E-state index contributed by atoms with van der Waals surface area (Å²) >= 11 is 8.80.